The highest BCUT2D eigenvalue weighted by atomic mass is 15.1. The average molecular weight is 300 g/mol. The fourth-order valence-electron chi connectivity index (χ4n) is 3.55. The van der Waals surface area contributed by atoms with Gasteiger partial charge in [0.1, 0.15) is 0 Å². The first kappa shape index (κ1) is 15.3. The predicted molar refractivity (Wildman–Crippen MR) is 93.4 cm³/mol. The fraction of sp³-hybridized carbons (Fsp3) is 0.611. The van der Waals surface area contributed by atoms with E-state index in [1.807, 2.05) is 0 Å². The largest absolute Gasteiger partial charge is 0.370 e. The first-order valence-corrected chi connectivity index (χ1v) is 8.62. The highest BCUT2D eigenvalue weighted by Crippen LogP contribution is 2.24. The Labute approximate surface area is 133 Å². The Balaban J connectivity index is 1.49. The van der Waals surface area contributed by atoms with E-state index in [1.165, 1.54) is 56.3 Å². The van der Waals surface area contributed by atoms with Gasteiger partial charge >= 0.3 is 0 Å². The Morgan fingerprint density at radius 1 is 1.23 bits per heavy atom. The quantitative estimate of drug-likeness (QED) is 0.649. The molecule has 22 heavy (non-hydrogen) atoms. The van der Waals surface area contributed by atoms with Crippen molar-refractivity contribution in [3.05, 3.63) is 29.3 Å². The van der Waals surface area contributed by atoms with Crippen molar-refractivity contribution in [1.29, 1.82) is 0 Å². The topological polar surface area (TPSA) is 53.6 Å². The van der Waals surface area contributed by atoms with E-state index in [0.717, 1.165) is 18.8 Å². The SMILES string of the molecule is CC(CN=C(N)Nc1ccc2c(c1)CCC2)CN1CCCC1. The third-order valence-electron chi connectivity index (χ3n) is 4.71. The lowest BCUT2D eigenvalue weighted by atomic mass is 10.1. The summed E-state index contributed by atoms with van der Waals surface area (Å²) in [5, 5.41) is 3.23. The van der Waals surface area contributed by atoms with Crippen molar-refractivity contribution in [3.8, 4) is 0 Å². The lowest BCUT2D eigenvalue weighted by Crippen LogP contribution is -2.28. The van der Waals surface area contributed by atoms with Crippen molar-refractivity contribution in [2.75, 3.05) is 31.5 Å². The van der Waals surface area contributed by atoms with Gasteiger partial charge in [0.25, 0.3) is 0 Å². The van der Waals surface area contributed by atoms with Gasteiger partial charge in [-0.15, -0.1) is 0 Å². The first-order chi connectivity index (χ1) is 10.7. The summed E-state index contributed by atoms with van der Waals surface area (Å²) in [7, 11) is 0. The van der Waals surface area contributed by atoms with Crippen molar-refractivity contribution >= 4 is 11.6 Å². The van der Waals surface area contributed by atoms with Crippen LogP contribution in [0.15, 0.2) is 23.2 Å². The zero-order valence-electron chi connectivity index (χ0n) is 13.6. The second-order valence-corrected chi connectivity index (χ2v) is 6.80. The van der Waals surface area contributed by atoms with Crippen molar-refractivity contribution in [1.82, 2.24) is 4.90 Å². The van der Waals surface area contributed by atoms with Gasteiger partial charge in [-0.2, -0.15) is 0 Å². The van der Waals surface area contributed by atoms with Crippen LogP contribution in [0.25, 0.3) is 0 Å². The van der Waals surface area contributed by atoms with Crippen LogP contribution in [0.3, 0.4) is 0 Å². The number of aryl methyl sites for hydroxylation is 2. The summed E-state index contributed by atoms with van der Waals surface area (Å²) in [6, 6.07) is 6.55. The van der Waals surface area contributed by atoms with Crippen LogP contribution in [0.5, 0.6) is 0 Å². The minimum atomic E-state index is 0.534. The first-order valence-electron chi connectivity index (χ1n) is 8.62. The third-order valence-corrected chi connectivity index (χ3v) is 4.71. The smallest absolute Gasteiger partial charge is 0.193 e. The molecule has 3 rings (SSSR count). The summed E-state index contributed by atoms with van der Waals surface area (Å²) < 4.78 is 0. The molecule has 1 saturated heterocycles. The number of nitrogens with zero attached hydrogens (tertiary/aromatic N) is 2. The molecule has 1 aliphatic heterocycles. The molecule has 4 heteroatoms. The van der Waals surface area contributed by atoms with Gasteiger partial charge in [-0.1, -0.05) is 13.0 Å². The van der Waals surface area contributed by atoms with Gasteiger partial charge in [-0.3, -0.25) is 4.99 Å². The van der Waals surface area contributed by atoms with E-state index in [1.54, 1.807) is 0 Å². The maximum atomic E-state index is 6.03. The molecule has 1 unspecified atom stereocenters. The van der Waals surface area contributed by atoms with Gasteiger partial charge in [-0.25, -0.2) is 0 Å². The number of guanidine groups is 1. The number of benzene rings is 1. The molecule has 1 fully saturated rings. The number of anilines is 1. The summed E-state index contributed by atoms with van der Waals surface area (Å²) >= 11 is 0. The molecule has 4 nitrogen and oxygen atoms in total. The number of hydrogen-bond donors (Lipinski definition) is 2. The number of fused-ring (bicyclic) bond motifs is 1. The van der Waals surface area contributed by atoms with Crippen LogP contribution in [-0.2, 0) is 12.8 Å². The maximum absolute atomic E-state index is 6.03. The number of nitrogens with two attached hydrogens (primary N) is 1. The molecule has 1 aliphatic carbocycles. The van der Waals surface area contributed by atoms with E-state index < -0.39 is 0 Å². The minimum absolute atomic E-state index is 0.534. The van der Waals surface area contributed by atoms with E-state index in [9.17, 15) is 0 Å². The van der Waals surface area contributed by atoms with Crippen molar-refractivity contribution in [2.45, 2.75) is 39.0 Å². The standard InChI is InChI=1S/C18H28N4/c1-14(13-22-9-2-3-10-22)12-20-18(19)21-17-8-7-15-5-4-6-16(15)11-17/h7-8,11,14H,2-6,9-10,12-13H2,1H3,(H3,19,20,21). The number of hydrogen-bond acceptors (Lipinski definition) is 2. The molecule has 3 N–H and O–H groups in total. The number of likely N-dealkylation sites (tertiary alicyclic amines) is 1. The second kappa shape index (κ2) is 7.14. The molecule has 1 aromatic carbocycles. The lowest BCUT2D eigenvalue weighted by Gasteiger charge is -2.18. The number of rotatable bonds is 5. The number of aliphatic imine (C=N–C) groups is 1. The van der Waals surface area contributed by atoms with Crippen molar-refractivity contribution in [3.63, 3.8) is 0 Å². The molecule has 0 spiro atoms. The second-order valence-electron chi connectivity index (χ2n) is 6.80. The molecule has 2 aliphatic rings. The Hall–Kier alpha value is -1.55. The Morgan fingerprint density at radius 3 is 2.82 bits per heavy atom. The fourth-order valence-corrected chi connectivity index (χ4v) is 3.55. The van der Waals surface area contributed by atoms with E-state index in [2.05, 4.69) is 40.3 Å². The summed E-state index contributed by atoms with van der Waals surface area (Å²) in [4.78, 5) is 7.04. The van der Waals surface area contributed by atoms with Crippen LogP contribution in [0, 0.1) is 5.92 Å². The van der Waals surface area contributed by atoms with Crippen LogP contribution in [0.1, 0.15) is 37.3 Å². The molecular weight excluding hydrogens is 272 g/mol. The highest BCUT2D eigenvalue weighted by molar-refractivity contribution is 5.92. The molecule has 0 saturated carbocycles. The minimum Gasteiger partial charge on any atom is -0.370 e. The van der Waals surface area contributed by atoms with E-state index in [-0.39, 0.29) is 0 Å². The summed E-state index contributed by atoms with van der Waals surface area (Å²) in [6.07, 6.45) is 6.37. The number of nitrogens with one attached hydrogen (secondary N) is 1. The molecule has 1 atom stereocenters. The lowest BCUT2D eigenvalue weighted by molar-refractivity contribution is 0.292. The predicted octanol–water partition coefficient (Wildman–Crippen LogP) is 2.63. The molecule has 0 amide bonds. The van der Waals surface area contributed by atoms with Gasteiger partial charge < -0.3 is 16.0 Å². The molecule has 1 heterocycles. The molecular formula is C18H28N4. The van der Waals surface area contributed by atoms with Crippen LogP contribution >= 0.6 is 0 Å². The Bertz CT molecular complexity index is 532. The molecule has 0 aromatic heterocycles. The summed E-state index contributed by atoms with van der Waals surface area (Å²) in [5.41, 5.74) is 10.0. The average Bonchev–Trinajstić information content (AvgIpc) is 3.15. The van der Waals surface area contributed by atoms with Crippen LogP contribution in [0.2, 0.25) is 0 Å². The highest BCUT2D eigenvalue weighted by Gasteiger charge is 2.14. The van der Waals surface area contributed by atoms with E-state index >= 15 is 0 Å². The third kappa shape index (κ3) is 4.01. The normalized spacial score (nSPS) is 20.1. The van der Waals surface area contributed by atoms with E-state index in [0.29, 0.717) is 11.9 Å². The van der Waals surface area contributed by atoms with Gasteiger partial charge in [0.05, 0.1) is 0 Å². The van der Waals surface area contributed by atoms with Crippen LogP contribution < -0.4 is 11.1 Å². The maximum Gasteiger partial charge on any atom is 0.193 e. The zero-order chi connectivity index (χ0) is 15.4. The van der Waals surface area contributed by atoms with E-state index in [4.69, 9.17) is 5.73 Å². The van der Waals surface area contributed by atoms with Crippen molar-refractivity contribution < 1.29 is 0 Å². The molecule has 0 bridgehead atoms. The van der Waals surface area contributed by atoms with Gasteiger partial charge in [0, 0.05) is 18.8 Å². The summed E-state index contributed by atoms with van der Waals surface area (Å²) in [5.74, 6) is 1.09. The molecule has 120 valence electrons. The molecule has 0 radical (unpaired) electrons. The molecule has 1 aromatic rings. The van der Waals surface area contributed by atoms with Crippen LogP contribution in [0.4, 0.5) is 5.69 Å². The van der Waals surface area contributed by atoms with Gasteiger partial charge in [0.15, 0.2) is 5.96 Å². The van der Waals surface area contributed by atoms with Crippen molar-refractivity contribution in [2.24, 2.45) is 16.6 Å². The zero-order valence-corrected chi connectivity index (χ0v) is 13.6. The van der Waals surface area contributed by atoms with Gasteiger partial charge in [0.2, 0.25) is 0 Å². The Morgan fingerprint density at radius 2 is 2.00 bits per heavy atom. The Kier molecular flexibility index (Phi) is 4.98. The van der Waals surface area contributed by atoms with Crippen LogP contribution in [-0.4, -0.2) is 37.0 Å². The van der Waals surface area contributed by atoms with Gasteiger partial charge in [-0.05, 0) is 74.4 Å². The monoisotopic (exact) mass is 300 g/mol. The summed E-state index contributed by atoms with van der Waals surface area (Å²) in [6.45, 7) is 6.67.